The summed E-state index contributed by atoms with van der Waals surface area (Å²) in [7, 11) is 1.69. The van der Waals surface area contributed by atoms with Crippen LogP contribution in [0.3, 0.4) is 0 Å². The van der Waals surface area contributed by atoms with E-state index in [0.29, 0.717) is 40.8 Å². The summed E-state index contributed by atoms with van der Waals surface area (Å²) in [4.78, 5) is 23.9. The fourth-order valence-electron chi connectivity index (χ4n) is 5.40. The molecule has 4 heterocycles. The Hall–Kier alpha value is -3.75. The van der Waals surface area contributed by atoms with Gasteiger partial charge in [-0.3, -0.25) is 19.4 Å². The minimum Gasteiger partial charge on any atom is -0.327 e. The van der Waals surface area contributed by atoms with Crippen molar-refractivity contribution >= 4 is 16.9 Å². The van der Waals surface area contributed by atoms with Crippen LogP contribution in [-0.2, 0) is 13.5 Å². The van der Waals surface area contributed by atoms with E-state index in [1.807, 2.05) is 4.90 Å². The van der Waals surface area contributed by atoms with Crippen molar-refractivity contribution in [2.24, 2.45) is 7.05 Å². The molecule has 0 N–H and O–H groups in total. The van der Waals surface area contributed by atoms with Crippen LogP contribution in [0.1, 0.15) is 48.3 Å². The Balaban J connectivity index is 1.41. The molecule has 0 unspecified atom stereocenters. The minimum atomic E-state index is -1.50. The van der Waals surface area contributed by atoms with E-state index in [1.165, 1.54) is 6.20 Å². The molecule has 2 aliphatic heterocycles. The second kappa shape index (κ2) is 7.65. The van der Waals surface area contributed by atoms with Gasteiger partial charge in [-0.1, -0.05) is 0 Å². The van der Waals surface area contributed by atoms with E-state index in [0.717, 1.165) is 30.5 Å². The third-order valence-electron chi connectivity index (χ3n) is 6.84. The van der Waals surface area contributed by atoms with Gasteiger partial charge < -0.3 is 4.90 Å². The lowest BCUT2D eigenvalue weighted by molar-refractivity contribution is 0.0392. The van der Waals surface area contributed by atoms with Crippen molar-refractivity contribution in [1.82, 2.24) is 24.6 Å². The zero-order valence-electron chi connectivity index (χ0n) is 19.2. The lowest BCUT2D eigenvalue weighted by Crippen LogP contribution is -2.49. The molecular weight excluding hydrogens is 443 g/mol. The van der Waals surface area contributed by atoms with Crippen LogP contribution in [-0.4, -0.2) is 36.6 Å². The van der Waals surface area contributed by atoms with Gasteiger partial charge in [0.2, 0.25) is 0 Å². The molecule has 0 aliphatic carbocycles. The molecule has 1 saturated heterocycles. The number of aryl methyl sites for hydroxylation is 1. The van der Waals surface area contributed by atoms with Crippen molar-refractivity contribution in [3.8, 4) is 11.3 Å². The smallest absolute Gasteiger partial charge is 0.254 e. The van der Waals surface area contributed by atoms with Crippen LogP contribution in [0.25, 0.3) is 22.3 Å². The fourth-order valence-corrected chi connectivity index (χ4v) is 5.40. The quantitative estimate of drug-likeness (QED) is 0.402. The van der Waals surface area contributed by atoms with E-state index in [4.69, 9.17) is 1.37 Å². The Bertz CT molecular complexity index is 1500. The number of fused-ring (bicyclic) bond motifs is 5. The first-order valence-corrected chi connectivity index (χ1v) is 11.1. The normalized spacial score (nSPS) is 19.8. The molecule has 6 nitrogen and oxygen atoms in total. The van der Waals surface area contributed by atoms with Crippen LogP contribution >= 0.6 is 0 Å². The minimum absolute atomic E-state index is 0.0570. The molecule has 4 aromatic rings. The van der Waals surface area contributed by atoms with Crippen molar-refractivity contribution in [3.05, 3.63) is 77.0 Å². The molecule has 0 saturated carbocycles. The Labute approximate surface area is 194 Å². The number of piperidine rings is 1. The molecular formula is C25H20F3N5O. The van der Waals surface area contributed by atoms with E-state index in [-0.39, 0.29) is 29.7 Å². The average molecular weight is 464 g/mol. The van der Waals surface area contributed by atoms with E-state index >= 15 is 0 Å². The molecule has 0 spiro atoms. The Morgan fingerprint density at radius 1 is 1.09 bits per heavy atom. The number of hydrogen-bond acceptors (Lipinski definition) is 4. The van der Waals surface area contributed by atoms with Gasteiger partial charge in [-0.25, -0.2) is 13.2 Å². The largest absolute Gasteiger partial charge is 0.327 e. The average Bonchev–Trinajstić information content (AvgIpc) is 3.16. The fraction of sp³-hybridized carbons (Fsp3) is 0.280. The first-order valence-electron chi connectivity index (χ1n) is 11.6. The van der Waals surface area contributed by atoms with Gasteiger partial charge in [0.05, 0.1) is 29.8 Å². The van der Waals surface area contributed by atoms with Crippen LogP contribution in [0.15, 0.2) is 42.7 Å². The van der Waals surface area contributed by atoms with Gasteiger partial charge in [-0.05, 0) is 56.0 Å². The number of benzene rings is 2. The molecule has 1 amide bonds. The molecule has 2 aromatic carbocycles. The van der Waals surface area contributed by atoms with Crippen molar-refractivity contribution in [1.29, 1.82) is 0 Å². The highest BCUT2D eigenvalue weighted by Crippen LogP contribution is 2.45. The topological polar surface area (TPSA) is 63.9 Å². The summed E-state index contributed by atoms with van der Waals surface area (Å²) in [6.07, 6.45) is 4.32. The lowest BCUT2D eigenvalue weighted by atomic mass is 9.81. The van der Waals surface area contributed by atoms with E-state index in [1.54, 1.807) is 29.9 Å². The number of aromatic nitrogens is 4. The molecule has 2 aliphatic rings. The van der Waals surface area contributed by atoms with Crippen molar-refractivity contribution in [2.45, 2.75) is 37.8 Å². The molecule has 34 heavy (non-hydrogen) atoms. The first kappa shape index (κ1) is 19.7. The van der Waals surface area contributed by atoms with Gasteiger partial charge in [-0.2, -0.15) is 5.10 Å². The second-order valence-electron chi connectivity index (χ2n) is 8.81. The predicted octanol–water partition coefficient (Wildman–Crippen LogP) is 4.74. The maximum absolute atomic E-state index is 14.0. The third kappa shape index (κ3) is 3.10. The lowest BCUT2D eigenvalue weighted by Gasteiger charge is -2.45. The highest BCUT2D eigenvalue weighted by atomic mass is 19.2. The van der Waals surface area contributed by atoms with Crippen LogP contribution in [0.5, 0.6) is 0 Å². The maximum atomic E-state index is 14.0. The van der Waals surface area contributed by atoms with Gasteiger partial charge in [0, 0.05) is 42.1 Å². The third-order valence-corrected chi connectivity index (χ3v) is 6.84. The molecule has 2 aromatic heterocycles. The molecule has 2 atom stereocenters. The van der Waals surface area contributed by atoms with Crippen LogP contribution in [0, 0.1) is 17.5 Å². The van der Waals surface area contributed by atoms with Crippen LogP contribution in [0.4, 0.5) is 13.2 Å². The summed E-state index contributed by atoms with van der Waals surface area (Å²) < 4.78 is 50.7. The molecule has 1 fully saturated rings. The number of hydrogen-bond donors (Lipinski definition) is 0. The van der Waals surface area contributed by atoms with Crippen LogP contribution < -0.4 is 0 Å². The molecule has 172 valence electrons. The van der Waals surface area contributed by atoms with E-state index in [2.05, 4.69) is 15.1 Å². The maximum Gasteiger partial charge on any atom is 0.254 e. The summed E-state index contributed by atoms with van der Waals surface area (Å²) in [5, 5.41) is 4.66. The van der Waals surface area contributed by atoms with Crippen molar-refractivity contribution < 1.29 is 19.3 Å². The van der Waals surface area contributed by atoms with Gasteiger partial charge in [-0.15, -0.1) is 0 Å². The van der Waals surface area contributed by atoms with E-state index < -0.39 is 17.5 Å². The van der Waals surface area contributed by atoms with Gasteiger partial charge in [0.25, 0.3) is 5.91 Å². The standard InChI is InChI=1S/C25H20F3N5O/c1-32-24(14-9-17(26)22(28)18(27)10-14)16-12-15-3-2-4-21(23(16)31-32)33(15)25(34)13-5-6-19-20(11-13)30-8-7-29-19/h5-11,15,21H,2-4,12H2,1H3/t15-,21+/m1/s1/i7D. The predicted molar refractivity (Wildman–Crippen MR) is 118 cm³/mol. The van der Waals surface area contributed by atoms with Gasteiger partial charge >= 0.3 is 0 Å². The highest BCUT2D eigenvalue weighted by molar-refractivity contribution is 5.98. The molecule has 2 bridgehead atoms. The summed E-state index contributed by atoms with van der Waals surface area (Å²) in [5.74, 6) is -4.15. The van der Waals surface area contributed by atoms with Crippen LogP contribution in [0.2, 0.25) is 0 Å². The SMILES string of the molecule is [2H]c1cnc2cc(C(=O)N3[C@@H]4CCC[C@H]3c3nn(C)c(-c5cc(F)c(F)c(F)c5)c3C4)ccc2n1. The second-order valence-corrected chi connectivity index (χ2v) is 8.81. The monoisotopic (exact) mass is 464 g/mol. The highest BCUT2D eigenvalue weighted by Gasteiger charge is 2.43. The Kier molecular flexibility index (Phi) is 4.43. The summed E-state index contributed by atoms with van der Waals surface area (Å²) in [6, 6.07) is 6.65. The number of halogens is 3. The van der Waals surface area contributed by atoms with Gasteiger partial charge in [0.15, 0.2) is 17.5 Å². The molecule has 6 rings (SSSR count). The summed E-state index contributed by atoms with van der Waals surface area (Å²) >= 11 is 0. The number of amides is 1. The van der Waals surface area contributed by atoms with Crippen molar-refractivity contribution in [2.75, 3.05) is 0 Å². The summed E-state index contributed by atoms with van der Waals surface area (Å²) in [5.41, 5.74) is 3.86. The number of rotatable bonds is 2. The number of nitrogens with zero attached hydrogens (tertiary/aromatic N) is 5. The first-order chi connectivity index (χ1) is 16.8. The van der Waals surface area contributed by atoms with Crippen molar-refractivity contribution in [3.63, 3.8) is 0 Å². The van der Waals surface area contributed by atoms with E-state index in [9.17, 15) is 18.0 Å². The Morgan fingerprint density at radius 3 is 2.68 bits per heavy atom. The summed E-state index contributed by atoms with van der Waals surface area (Å²) in [6.45, 7) is 0. The number of carbonyl (C=O) groups excluding carboxylic acids is 1. The molecule has 9 heteroatoms. The zero-order chi connectivity index (χ0) is 24.4. The Morgan fingerprint density at radius 2 is 1.88 bits per heavy atom. The number of carbonyl (C=O) groups is 1. The zero-order valence-corrected chi connectivity index (χ0v) is 18.2. The van der Waals surface area contributed by atoms with Gasteiger partial charge in [0.1, 0.15) is 0 Å². The molecule has 0 radical (unpaired) electrons.